The van der Waals surface area contributed by atoms with Gasteiger partial charge in [0.25, 0.3) is 0 Å². The Morgan fingerprint density at radius 2 is 2.13 bits per heavy atom. The van der Waals surface area contributed by atoms with Gasteiger partial charge in [-0.15, -0.1) is 0 Å². The molecule has 0 amide bonds. The molecule has 0 radical (unpaired) electrons. The largest absolute Gasteiger partial charge is 0.394 e. The van der Waals surface area contributed by atoms with Crippen LogP contribution in [0.25, 0.3) is 0 Å². The maximum Gasteiger partial charge on any atom is 0.204 e. The average molecular weight is 206 g/mol. The molecule has 0 saturated heterocycles. The summed E-state index contributed by atoms with van der Waals surface area (Å²) in [6.07, 6.45) is 8.80. The fraction of sp³-hybridized carbons (Fsp3) is 0.583. The van der Waals surface area contributed by atoms with Crippen LogP contribution in [0.1, 0.15) is 32.6 Å². The van der Waals surface area contributed by atoms with E-state index in [4.69, 9.17) is 5.73 Å². The maximum atomic E-state index is 11.1. The molecule has 1 aromatic rings. The highest BCUT2D eigenvalue weighted by Gasteiger charge is 2.28. The Balaban J connectivity index is 2.17. The molecule has 3 nitrogen and oxygen atoms in total. The lowest BCUT2D eigenvalue weighted by molar-refractivity contribution is 0.281. The second-order valence-corrected chi connectivity index (χ2v) is 4.95. The van der Waals surface area contributed by atoms with E-state index in [2.05, 4.69) is 6.92 Å². The van der Waals surface area contributed by atoms with Gasteiger partial charge in [-0.05, 0) is 18.3 Å². The SMILES string of the molecule is CC1(Cn2ccc(=O)c(N)c2)CCCC1. The van der Waals surface area contributed by atoms with Gasteiger partial charge < -0.3 is 10.3 Å². The highest BCUT2D eigenvalue weighted by Crippen LogP contribution is 2.38. The number of hydrogen-bond acceptors (Lipinski definition) is 2. The van der Waals surface area contributed by atoms with Gasteiger partial charge >= 0.3 is 0 Å². The highest BCUT2D eigenvalue weighted by molar-refractivity contribution is 5.33. The van der Waals surface area contributed by atoms with Crippen LogP contribution in [0.2, 0.25) is 0 Å². The van der Waals surface area contributed by atoms with Crippen LogP contribution in [-0.2, 0) is 6.54 Å². The van der Waals surface area contributed by atoms with Crippen molar-refractivity contribution in [2.75, 3.05) is 5.73 Å². The van der Waals surface area contributed by atoms with Crippen LogP contribution in [0.3, 0.4) is 0 Å². The molecule has 0 atom stereocenters. The molecule has 1 aliphatic carbocycles. The highest BCUT2D eigenvalue weighted by atomic mass is 16.1. The van der Waals surface area contributed by atoms with E-state index in [1.165, 1.54) is 25.7 Å². The Hall–Kier alpha value is -1.25. The van der Waals surface area contributed by atoms with Crippen molar-refractivity contribution in [2.45, 2.75) is 39.2 Å². The minimum Gasteiger partial charge on any atom is -0.394 e. The van der Waals surface area contributed by atoms with Gasteiger partial charge in [-0.25, -0.2) is 0 Å². The normalized spacial score (nSPS) is 19.3. The molecule has 2 N–H and O–H groups in total. The third-order valence-electron chi connectivity index (χ3n) is 3.38. The molecule has 3 heteroatoms. The number of rotatable bonds is 2. The van der Waals surface area contributed by atoms with E-state index < -0.39 is 0 Å². The molecule has 1 aliphatic rings. The summed E-state index contributed by atoms with van der Waals surface area (Å²) < 4.78 is 2.04. The Kier molecular flexibility index (Phi) is 2.55. The van der Waals surface area contributed by atoms with Crippen LogP contribution >= 0.6 is 0 Å². The fourth-order valence-electron chi connectivity index (χ4n) is 2.47. The summed E-state index contributed by atoms with van der Waals surface area (Å²) in [4.78, 5) is 11.1. The van der Waals surface area contributed by atoms with Gasteiger partial charge in [-0.3, -0.25) is 4.79 Å². The van der Waals surface area contributed by atoms with Gasteiger partial charge in [0.05, 0.1) is 5.69 Å². The van der Waals surface area contributed by atoms with Crippen LogP contribution in [-0.4, -0.2) is 4.57 Å². The molecule has 1 saturated carbocycles. The van der Waals surface area contributed by atoms with Gasteiger partial charge in [0.2, 0.25) is 5.43 Å². The zero-order valence-corrected chi connectivity index (χ0v) is 9.20. The van der Waals surface area contributed by atoms with Crippen molar-refractivity contribution in [3.63, 3.8) is 0 Å². The molecule has 0 unspecified atom stereocenters. The molecule has 1 heterocycles. The molecule has 1 aromatic heterocycles. The van der Waals surface area contributed by atoms with Crippen molar-refractivity contribution in [3.05, 3.63) is 28.7 Å². The zero-order chi connectivity index (χ0) is 10.9. The predicted octanol–water partition coefficient (Wildman–Crippen LogP) is 2.01. The van der Waals surface area contributed by atoms with Crippen molar-refractivity contribution in [1.29, 1.82) is 0 Å². The molecule has 2 rings (SSSR count). The second kappa shape index (κ2) is 3.72. The third kappa shape index (κ3) is 2.22. The minimum absolute atomic E-state index is 0.0807. The predicted molar refractivity (Wildman–Crippen MR) is 61.7 cm³/mol. The third-order valence-corrected chi connectivity index (χ3v) is 3.38. The summed E-state index contributed by atoms with van der Waals surface area (Å²) >= 11 is 0. The summed E-state index contributed by atoms with van der Waals surface area (Å²) in [5, 5.41) is 0. The average Bonchev–Trinajstić information content (AvgIpc) is 2.59. The molecule has 0 aromatic carbocycles. The summed E-state index contributed by atoms with van der Waals surface area (Å²) in [5.41, 5.74) is 6.26. The van der Waals surface area contributed by atoms with Gasteiger partial charge in [0, 0.05) is 25.0 Å². The van der Waals surface area contributed by atoms with Gasteiger partial charge in [0.15, 0.2) is 0 Å². The van der Waals surface area contributed by atoms with Crippen molar-refractivity contribution in [1.82, 2.24) is 4.57 Å². The first kappa shape index (κ1) is 10.3. The Bertz CT molecular complexity index is 402. The number of nitrogen functional groups attached to an aromatic ring is 1. The Morgan fingerprint density at radius 1 is 1.47 bits per heavy atom. The molecule has 0 spiro atoms. The lowest BCUT2D eigenvalue weighted by Crippen LogP contribution is -2.21. The molecule has 0 aliphatic heterocycles. The fourth-order valence-corrected chi connectivity index (χ4v) is 2.47. The lowest BCUT2D eigenvalue weighted by atomic mass is 9.89. The number of anilines is 1. The summed E-state index contributed by atoms with van der Waals surface area (Å²) in [7, 11) is 0. The Labute approximate surface area is 89.9 Å². The van der Waals surface area contributed by atoms with E-state index in [-0.39, 0.29) is 5.43 Å². The minimum atomic E-state index is -0.0807. The number of hydrogen-bond donors (Lipinski definition) is 1. The molecular formula is C12H18N2O. The zero-order valence-electron chi connectivity index (χ0n) is 9.20. The van der Waals surface area contributed by atoms with Crippen LogP contribution in [0.4, 0.5) is 5.69 Å². The quantitative estimate of drug-likeness (QED) is 0.804. The molecule has 82 valence electrons. The number of nitrogens with two attached hydrogens (primary N) is 1. The number of aromatic nitrogens is 1. The topological polar surface area (TPSA) is 48.0 Å². The Morgan fingerprint density at radius 3 is 2.73 bits per heavy atom. The first-order valence-electron chi connectivity index (χ1n) is 5.55. The van der Waals surface area contributed by atoms with Crippen molar-refractivity contribution in [2.24, 2.45) is 5.41 Å². The first-order chi connectivity index (χ1) is 7.09. The van der Waals surface area contributed by atoms with Crippen LogP contribution in [0.15, 0.2) is 23.3 Å². The van der Waals surface area contributed by atoms with Crippen LogP contribution in [0, 0.1) is 5.41 Å². The van der Waals surface area contributed by atoms with E-state index in [1.807, 2.05) is 10.8 Å². The van der Waals surface area contributed by atoms with E-state index in [0.717, 1.165) is 6.54 Å². The molecular weight excluding hydrogens is 188 g/mol. The standard InChI is InChI=1S/C12H18N2O/c1-12(5-2-3-6-12)9-14-7-4-11(15)10(13)8-14/h4,7-8H,2-3,5-6,9,13H2,1H3. The van der Waals surface area contributed by atoms with Crippen molar-refractivity contribution >= 4 is 5.69 Å². The first-order valence-corrected chi connectivity index (χ1v) is 5.55. The van der Waals surface area contributed by atoms with Gasteiger partial charge in [-0.1, -0.05) is 19.8 Å². The van der Waals surface area contributed by atoms with E-state index >= 15 is 0 Å². The summed E-state index contributed by atoms with van der Waals surface area (Å²) in [6, 6.07) is 1.55. The molecule has 0 bridgehead atoms. The maximum absolute atomic E-state index is 11.1. The smallest absolute Gasteiger partial charge is 0.204 e. The van der Waals surface area contributed by atoms with Gasteiger partial charge in [-0.2, -0.15) is 0 Å². The van der Waals surface area contributed by atoms with Crippen LogP contribution in [0.5, 0.6) is 0 Å². The van der Waals surface area contributed by atoms with Crippen molar-refractivity contribution < 1.29 is 0 Å². The van der Waals surface area contributed by atoms with E-state index in [9.17, 15) is 4.79 Å². The van der Waals surface area contributed by atoms with E-state index in [0.29, 0.717) is 11.1 Å². The van der Waals surface area contributed by atoms with Crippen molar-refractivity contribution in [3.8, 4) is 0 Å². The monoisotopic (exact) mass is 206 g/mol. The summed E-state index contributed by atoms with van der Waals surface area (Å²) in [6.45, 7) is 3.28. The lowest BCUT2D eigenvalue weighted by Gasteiger charge is -2.24. The van der Waals surface area contributed by atoms with E-state index in [1.54, 1.807) is 12.3 Å². The molecule has 15 heavy (non-hydrogen) atoms. The van der Waals surface area contributed by atoms with Crippen LogP contribution < -0.4 is 11.2 Å². The number of pyridine rings is 1. The summed E-state index contributed by atoms with van der Waals surface area (Å²) in [5.74, 6) is 0. The number of nitrogens with zero attached hydrogens (tertiary/aromatic N) is 1. The second-order valence-electron chi connectivity index (χ2n) is 4.95. The molecule has 1 fully saturated rings. The van der Waals surface area contributed by atoms with Gasteiger partial charge in [0.1, 0.15) is 0 Å².